The summed E-state index contributed by atoms with van der Waals surface area (Å²) in [6.45, 7) is 9.58. The first-order valence-corrected chi connectivity index (χ1v) is 7.36. The van der Waals surface area contributed by atoms with Crippen molar-refractivity contribution in [3.8, 4) is 0 Å². The number of ketones is 1. The number of nitrogens with two attached hydrogens (primary N) is 1. The van der Waals surface area contributed by atoms with Gasteiger partial charge < -0.3 is 5.73 Å². The van der Waals surface area contributed by atoms with Crippen LogP contribution in [0.3, 0.4) is 0 Å². The molecule has 114 valence electrons. The smallest absolute Gasteiger partial charge is 0.224 e. The second kappa shape index (κ2) is 5.60. The van der Waals surface area contributed by atoms with Crippen molar-refractivity contribution in [2.45, 2.75) is 34.1 Å². The van der Waals surface area contributed by atoms with E-state index in [1.165, 1.54) is 5.56 Å². The Kier molecular flexibility index (Phi) is 4.19. The number of rotatable bonds is 4. The zero-order chi connectivity index (χ0) is 15.8. The fraction of sp³-hybridized carbons (Fsp3) is 0.529. The molecule has 1 atom stereocenters. The van der Waals surface area contributed by atoms with E-state index in [2.05, 4.69) is 13.0 Å². The predicted octanol–water partition coefficient (Wildman–Crippen LogP) is 1.99. The Morgan fingerprint density at radius 1 is 1.19 bits per heavy atom. The molecule has 1 fully saturated rings. The number of primary amides is 1. The zero-order valence-electron chi connectivity index (χ0n) is 13.3. The number of Topliss-reactive ketones (excluding diaryl/α,β-unsaturated/α-hetero) is 1. The van der Waals surface area contributed by atoms with Gasteiger partial charge in [-0.3, -0.25) is 14.5 Å². The van der Waals surface area contributed by atoms with E-state index in [-0.39, 0.29) is 11.7 Å². The number of likely N-dealkylation sites (tertiary alicyclic amines) is 1. The SMILES string of the molecule is Cc1cc(C)c(C(=O)CN2CCC(C)(C(N)=O)C2)cc1C. The molecule has 1 amide bonds. The molecule has 1 unspecified atom stereocenters. The molecule has 1 saturated heterocycles. The Morgan fingerprint density at radius 3 is 2.38 bits per heavy atom. The van der Waals surface area contributed by atoms with Crippen molar-refractivity contribution in [1.82, 2.24) is 4.90 Å². The monoisotopic (exact) mass is 288 g/mol. The molecule has 2 N–H and O–H groups in total. The predicted molar refractivity (Wildman–Crippen MR) is 83.3 cm³/mol. The summed E-state index contributed by atoms with van der Waals surface area (Å²) in [6.07, 6.45) is 0.724. The summed E-state index contributed by atoms with van der Waals surface area (Å²) < 4.78 is 0. The molecule has 21 heavy (non-hydrogen) atoms. The molecule has 1 aromatic rings. The topological polar surface area (TPSA) is 63.4 Å². The first-order chi connectivity index (χ1) is 9.73. The third kappa shape index (κ3) is 3.16. The first-order valence-electron chi connectivity index (χ1n) is 7.36. The minimum absolute atomic E-state index is 0.115. The van der Waals surface area contributed by atoms with Gasteiger partial charge in [-0.05, 0) is 63.4 Å². The van der Waals surface area contributed by atoms with Gasteiger partial charge in [0.1, 0.15) is 0 Å². The zero-order valence-corrected chi connectivity index (χ0v) is 13.3. The van der Waals surface area contributed by atoms with Gasteiger partial charge in [-0.25, -0.2) is 0 Å². The van der Waals surface area contributed by atoms with Crippen molar-refractivity contribution < 1.29 is 9.59 Å². The third-order valence-electron chi connectivity index (χ3n) is 4.66. The highest BCUT2D eigenvalue weighted by atomic mass is 16.1. The molecule has 0 bridgehead atoms. The first kappa shape index (κ1) is 15.7. The maximum Gasteiger partial charge on any atom is 0.224 e. The van der Waals surface area contributed by atoms with Crippen molar-refractivity contribution >= 4 is 11.7 Å². The summed E-state index contributed by atoms with van der Waals surface area (Å²) >= 11 is 0. The van der Waals surface area contributed by atoms with Gasteiger partial charge in [0.25, 0.3) is 0 Å². The van der Waals surface area contributed by atoms with Crippen LogP contribution in [-0.2, 0) is 4.79 Å². The summed E-state index contributed by atoms with van der Waals surface area (Å²) in [5.74, 6) is -0.163. The lowest BCUT2D eigenvalue weighted by Crippen LogP contribution is -2.38. The number of carbonyl (C=O) groups is 2. The van der Waals surface area contributed by atoms with Gasteiger partial charge >= 0.3 is 0 Å². The van der Waals surface area contributed by atoms with Crippen molar-refractivity contribution in [2.24, 2.45) is 11.1 Å². The van der Waals surface area contributed by atoms with Crippen LogP contribution in [0.15, 0.2) is 12.1 Å². The van der Waals surface area contributed by atoms with Crippen LogP contribution in [0.4, 0.5) is 0 Å². The van der Waals surface area contributed by atoms with Crippen LogP contribution in [0.25, 0.3) is 0 Å². The highest BCUT2D eigenvalue weighted by molar-refractivity contribution is 5.99. The summed E-state index contributed by atoms with van der Waals surface area (Å²) in [6, 6.07) is 4.02. The normalized spacial score (nSPS) is 22.5. The highest BCUT2D eigenvalue weighted by Gasteiger charge is 2.39. The van der Waals surface area contributed by atoms with Crippen molar-refractivity contribution in [3.05, 3.63) is 34.4 Å². The standard InChI is InChI=1S/C17H24N2O2/c1-11-7-13(3)14(8-12(11)2)15(20)9-19-6-5-17(4,10-19)16(18)21/h7-8H,5-6,9-10H2,1-4H3,(H2,18,21). The van der Waals surface area contributed by atoms with Gasteiger partial charge in [0, 0.05) is 12.1 Å². The number of benzene rings is 1. The highest BCUT2D eigenvalue weighted by Crippen LogP contribution is 2.29. The Balaban J connectivity index is 2.10. The Hall–Kier alpha value is -1.68. The molecule has 1 aliphatic heterocycles. The average molecular weight is 288 g/mol. The van der Waals surface area contributed by atoms with Crippen LogP contribution in [0.5, 0.6) is 0 Å². The van der Waals surface area contributed by atoms with Crippen molar-refractivity contribution in [1.29, 1.82) is 0 Å². The van der Waals surface area contributed by atoms with Gasteiger partial charge in [-0.15, -0.1) is 0 Å². The van der Waals surface area contributed by atoms with Crippen LogP contribution in [0.1, 0.15) is 40.4 Å². The maximum absolute atomic E-state index is 12.5. The van der Waals surface area contributed by atoms with Gasteiger partial charge in [-0.1, -0.05) is 6.07 Å². The minimum Gasteiger partial charge on any atom is -0.369 e. The van der Waals surface area contributed by atoms with Crippen LogP contribution < -0.4 is 5.73 Å². The van der Waals surface area contributed by atoms with Gasteiger partial charge in [-0.2, -0.15) is 0 Å². The fourth-order valence-corrected chi connectivity index (χ4v) is 2.94. The number of amides is 1. The quantitative estimate of drug-likeness (QED) is 0.862. The van der Waals surface area contributed by atoms with Crippen molar-refractivity contribution in [2.75, 3.05) is 19.6 Å². The molecule has 2 rings (SSSR count). The van der Waals surface area contributed by atoms with Crippen LogP contribution >= 0.6 is 0 Å². The summed E-state index contributed by atoms with van der Waals surface area (Å²) in [4.78, 5) is 26.0. The number of hydrogen-bond donors (Lipinski definition) is 1. The van der Waals surface area contributed by atoms with Gasteiger partial charge in [0.05, 0.1) is 12.0 Å². The van der Waals surface area contributed by atoms with E-state index in [9.17, 15) is 9.59 Å². The van der Waals surface area contributed by atoms with Gasteiger partial charge in [0.15, 0.2) is 5.78 Å². The van der Waals surface area contributed by atoms with E-state index in [4.69, 9.17) is 5.73 Å². The second-order valence-electron chi connectivity index (χ2n) is 6.56. The van der Waals surface area contributed by atoms with E-state index >= 15 is 0 Å². The Bertz CT molecular complexity index is 595. The summed E-state index contributed by atoms with van der Waals surface area (Å²) in [5.41, 5.74) is 9.07. The second-order valence-corrected chi connectivity index (χ2v) is 6.56. The molecule has 4 nitrogen and oxygen atoms in total. The largest absolute Gasteiger partial charge is 0.369 e. The van der Waals surface area contributed by atoms with E-state index < -0.39 is 5.41 Å². The number of aryl methyl sites for hydroxylation is 3. The number of hydrogen-bond acceptors (Lipinski definition) is 3. The molecule has 1 heterocycles. The van der Waals surface area contributed by atoms with E-state index in [1.807, 2.05) is 31.7 Å². The average Bonchev–Trinajstić information content (AvgIpc) is 2.76. The number of carbonyl (C=O) groups excluding carboxylic acids is 2. The lowest BCUT2D eigenvalue weighted by atomic mass is 9.89. The third-order valence-corrected chi connectivity index (χ3v) is 4.66. The molecule has 1 aromatic carbocycles. The molecular formula is C17H24N2O2. The number of nitrogens with zero attached hydrogens (tertiary/aromatic N) is 1. The molecule has 0 aromatic heterocycles. The van der Waals surface area contributed by atoms with Crippen LogP contribution in [0, 0.1) is 26.2 Å². The lowest BCUT2D eigenvalue weighted by Gasteiger charge is -2.21. The fourth-order valence-electron chi connectivity index (χ4n) is 2.94. The molecule has 0 aliphatic carbocycles. The van der Waals surface area contributed by atoms with Crippen LogP contribution in [-0.4, -0.2) is 36.2 Å². The van der Waals surface area contributed by atoms with E-state index in [1.54, 1.807) is 0 Å². The molecule has 0 spiro atoms. The van der Waals surface area contributed by atoms with E-state index in [0.29, 0.717) is 13.1 Å². The maximum atomic E-state index is 12.5. The van der Waals surface area contributed by atoms with E-state index in [0.717, 1.165) is 29.7 Å². The molecule has 0 saturated carbocycles. The van der Waals surface area contributed by atoms with Gasteiger partial charge in [0.2, 0.25) is 5.91 Å². The summed E-state index contributed by atoms with van der Waals surface area (Å²) in [5, 5.41) is 0. The van der Waals surface area contributed by atoms with Crippen molar-refractivity contribution in [3.63, 3.8) is 0 Å². The molecule has 0 radical (unpaired) electrons. The molecular weight excluding hydrogens is 264 g/mol. The van der Waals surface area contributed by atoms with Crippen LogP contribution in [0.2, 0.25) is 0 Å². The molecule has 1 aliphatic rings. The summed E-state index contributed by atoms with van der Waals surface area (Å²) in [7, 11) is 0. The minimum atomic E-state index is -0.501. The Labute approximate surface area is 126 Å². The molecule has 4 heteroatoms. The Morgan fingerprint density at radius 2 is 1.81 bits per heavy atom. The lowest BCUT2D eigenvalue weighted by molar-refractivity contribution is -0.126.